The maximum Gasteiger partial charge on any atom is 0.274 e. The molecule has 1 fully saturated rings. The van der Waals surface area contributed by atoms with Crippen LogP contribution in [0, 0.1) is 23.2 Å². The third kappa shape index (κ3) is 3.43. The van der Waals surface area contributed by atoms with Crippen molar-refractivity contribution in [3.8, 4) is 6.07 Å². The van der Waals surface area contributed by atoms with Crippen LogP contribution in [0.4, 0.5) is 22.0 Å². The minimum atomic E-state index is -4.28. The first-order valence-electron chi connectivity index (χ1n) is 8.47. The summed E-state index contributed by atoms with van der Waals surface area (Å²) in [5, 5.41) is 18.9. The van der Waals surface area contributed by atoms with E-state index in [1.54, 1.807) is 0 Å². The van der Waals surface area contributed by atoms with Crippen molar-refractivity contribution >= 4 is 9.84 Å². The van der Waals surface area contributed by atoms with Gasteiger partial charge in [0.1, 0.15) is 18.0 Å². The fraction of sp³-hybridized carbons (Fsp3) is 0.588. The van der Waals surface area contributed by atoms with Crippen LogP contribution < -0.4 is 0 Å². The molecule has 1 heterocycles. The molecule has 4 unspecified atom stereocenters. The van der Waals surface area contributed by atoms with E-state index in [1.165, 1.54) is 17.0 Å². The largest absolute Gasteiger partial charge is 0.386 e. The lowest BCUT2D eigenvalue weighted by molar-refractivity contribution is -0.156. The summed E-state index contributed by atoms with van der Waals surface area (Å²) in [4.78, 5) is 0.668. The average Bonchev–Trinajstić information content (AvgIpc) is 2.99. The highest BCUT2D eigenvalue weighted by atomic mass is 32.2. The second-order valence-electron chi connectivity index (χ2n) is 7.00. The van der Waals surface area contributed by atoms with Crippen molar-refractivity contribution in [2.75, 3.05) is 5.75 Å². The Morgan fingerprint density at radius 1 is 1.39 bits per heavy atom. The molecule has 154 valence electrons. The van der Waals surface area contributed by atoms with Crippen LogP contribution >= 0.6 is 0 Å². The molecule has 0 radical (unpaired) electrons. The highest BCUT2D eigenvalue weighted by Gasteiger charge is 2.57. The molecular weight excluding hydrogens is 407 g/mol. The van der Waals surface area contributed by atoms with Gasteiger partial charge in [-0.2, -0.15) is 5.26 Å². The van der Waals surface area contributed by atoms with Crippen LogP contribution in [0.25, 0.3) is 0 Å². The number of aliphatic hydroxyl groups is 1. The maximum absolute atomic E-state index is 14.0. The molecule has 0 saturated heterocycles. The molecule has 11 heteroatoms. The van der Waals surface area contributed by atoms with Gasteiger partial charge in [0.15, 0.2) is 9.84 Å². The Hall–Kier alpha value is -1.93. The van der Waals surface area contributed by atoms with Gasteiger partial charge in [0.2, 0.25) is 6.43 Å². The molecule has 0 aromatic carbocycles. The monoisotopic (exact) mass is 424 g/mol. The highest BCUT2D eigenvalue weighted by Crippen LogP contribution is 2.48. The summed E-state index contributed by atoms with van der Waals surface area (Å²) in [7, 11) is -4.28. The van der Waals surface area contributed by atoms with Gasteiger partial charge < -0.3 is 10.0 Å². The van der Waals surface area contributed by atoms with Crippen molar-refractivity contribution in [3.63, 3.8) is 0 Å². The number of aliphatic hydroxyl groups excluding tert-OH is 1. The molecule has 3 rings (SSSR count). The Morgan fingerprint density at radius 3 is 2.68 bits per heavy atom. The lowest BCUT2D eigenvalue weighted by atomic mass is 9.80. The molecule has 1 saturated carbocycles. The van der Waals surface area contributed by atoms with Gasteiger partial charge in [0, 0.05) is 30.3 Å². The van der Waals surface area contributed by atoms with E-state index in [9.17, 15) is 35.5 Å². The van der Waals surface area contributed by atoms with Crippen LogP contribution in [0.1, 0.15) is 12.8 Å². The average molecular weight is 424 g/mol. The Bertz CT molecular complexity index is 878. The van der Waals surface area contributed by atoms with Crippen molar-refractivity contribution in [1.82, 2.24) is 4.90 Å². The molecule has 5 atom stereocenters. The van der Waals surface area contributed by atoms with E-state index in [4.69, 9.17) is 5.26 Å². The number of nitriles is 1. The number of sulfone groups is 1. The third-order valence-electron chi connectivity index (χ3n) is 5.30. The van der Waals surface area contributed by atoms with E-state index >= 15 is 0 Å². The number of nitrogens with zero attached hydrogens (tertiary/aromatic N) is 2. The topological polar surface area (TPSA) is 81.4 Å². The summed E-state index contributed by atoms with van der Waals surface area (Å²) in [6, 6.07) is 0.503. The van der Waals surface area contributed by atoms with Gasteiger partial charge in [-0.3, -0.25) is 0 Å². The summed E-state index contributed by atoms with van der Waals surface area (Å²) in [6.07, 6.45) is -4.22. The Labute approximate surface area is 158 Å². The van der Waals surface area contributed by atoms with Crippen LogP contribution in [0.15, 0.2) is 35.0 Å². The fourth-order valence-corrected chi connectivity index (χ4v) is 5.20. The van der Waals surface area contributed by atoms with Crippen molar-refractivity contribution in [3.05, 3.63) is 35.0 Å². The lowest BCUT2D eigenvalue weighted by Crippen LogP contribution is -2.52. The third-order valence-corrected chi connectivity index (χ3v) is 6.90. The van der Waals surface area contributed by atoms with Crippen molar-refractivity contribution < 1.29 is 35.5 Å². The summed E-state index contributed by atoms with van der Waals surface area (Å²) in [6.45, 7) is 0. The summed E-state index contributed by atoms with van der Waals surface area (Å²) in [5.41, 5.74) is 0.0359. The highest BCUT2D eigenvalue weighted by molar-refractivity contribution is 7.95. The number of hydrogen-bond acceptors (Lipinski definition) is 5. The predicted octanol–water partition coefficient (Wildman–Crippen LogP) is 2.53. The molecular formula is C17H17F5N2O3S. The SMILES string of the molecule is N#CCS(=O)(=O)C1=CN(C2=CC(C(F)F)C(F)C=C2)C2CCC(F)(F)[C@@H](O)C12. The van der Waals surface area contributed by atoms with Gasteiger partial charge >= 0.3 is 0 Å². The van der Waals surface area contributed by atoms with Gasteiger partial charge in [0.25, 0.3) is 5.92 Å². The maximum atomic E-state index is 14.0. The number of rotatable bonds is 4. The molecule has 28 heavy (non-hydrogen) atoms. The fourth-order valence-electron chi connectivity index (χ4n) is 3.89. The normalized spacial score (nSPS) is 34.6. The number of halogens is 5. The lowest BCUT2D eigenvalue weighted by Gasteiger charge is -2.41. The van der Waals surface area contributed by atoms with Gasteiger partial charge in [0.05, 0.1) is 16.9 Å². The first-order chi connectivity index (χ1) is 13.0. The van der Waals surface area contributed by atoms with Crippen molar-refractivity contribution in [2.45, 2.75) is 43.5 Å². The number of hydrogen-bond donors (Lipinski definition) is 1. The van der Waals surface area contributed by atoms with E-state index in [2.05, 4.69) is 0 Å². The first kappa shape index (κ1) is 20.8. The minimum Gasteiger partial charge on any atom is -0.386 e. The molecule has 1 N–H and O–H groups in total. The van der Waals surface area contributed by atoms with Gasteiger partial charge in [-0.05, 0) is 24.6 Å². The van der Waals surface area contributed by atoms with Crippen molar-refractivity contribution in [1.29, 1.82) is 5.26 Å². The van der Waals surface area contributed by atoms with Crippen LogP contribution in [-0.4, -0.2) is 54.8 Å². The zero-order valence-electron chi connectivity index (χ0n) is 14.4. The second kappa shape index (κ2) is 7.15. The Balaban J connectivity index is 2.06. The molecule has 0 bridgehead atoms. The quantitative estimate of drug-likeness (QED) is 0.702. The molecule has 0 aromatic heterocycles. The molecule has 0 spiro atoms. The Morgan fingerprint density at radius 2 is 2.07 bits per heavy atom. The zero-order valence-corrected chi connectivity index (χ0v) is 15.2. The van der Waals surface area contributed by atoms with Gasteiger partial charge in [-0.15, -0.1) is 0 Å². The Kier molecular flexibility index (Phi) is 5.31. The number of allylic oxidation sites excluding steroid dienone is 3. The minimum absolute atomic E-state index is 0.0359. The zero-order chi connectivity index (χ0) is 20.9. The summed E-state index contributed by atoms with van der Waals surface area (Å²) < 4.78 is 92.7. The molecule has 1 aliphatic heterocycles. The van der Waals surface area contributed by atoms with E-state index in [0.717, 1.165) is 18.4 Å². The standard InChI is InChI=1S/C17H17F5N2O3S/c18-11-2-1-9(7-10(11)16(19)20)24-8-13(28(26,27)6-5-23)14-12(24)3-4-17(21,22)15(14)25/h1-2,7-8,10-12,14-16,25H,3-4,6H2/t10?,11?,12?,14?,15-/m0/s1. The smallest absolute Gasteiger partial charge is 0.274 e. The second-order valence-corrected chi connectivity index (χ2v) is 8.99. The summed E-state index contributed by atoms with van der Waals surface area (Å²) in [5.74, 6) is -7.80. The molecule has 5 nitrogen and oxygen atoms in total. The molecule has 0 amide bonds. The number of fused-ring (bicyclic) bond motifs is 1. The van der Waals surface area contributed by atoms with E-state index < -0.39 is 69.4 Å². The van der Waals surface area contributed by atoms with Crippen molar-refractivity contribution in [2.24, 2.45) is 11.8 Å². The first-order valence-corrected chi connectivity index (χ1v) is 10.1. The van der Waals surface area contributed by atoms with E-state index in [0.29, 0.717) is 0 Å². The van der Waals surface area contributed by atoms with Gasteiger partial charge in [-0.25, -0.2) is 30.4 Å². The van der Waals surface area contributed by atoms with E-state index in [1.807, 2.05) is 0 Å². The van der Waals surface area contributed by atoms with Crippen LogP contribution in [-0.2, 0) is 9.84 Å². The van der Waals surface area contributed by atoms with E-state index in [-0.39, 0.29) is 12.1 Å². The molecule has 0 aromatic rings. The van der Waals surface area contributed by atoms with Gasteiger partial charge in [-0.1, -0.05) is 0 Å². The van der Waals surface area contributed by atoms with Crippen LogP contribution in [0.2, 0.25) is 0 Å². The molecule has 2 aliphatic carbocycles. The number of alkyl halides is 5. The molecule has 3 aliphatic rings. The summed E-state index contributed by atoms with van der Waals surface area (Å²) >= 11 is 0. The van der Waals surface area contributed by atoms with Crippen LogP contribution in [0.3, 0.4) is 0 Å². The van der Waals surface area contributed by atoms with Crippen LogP contribution in [0.5, 0.6) is 0 Å². The predicted molar refractivity (Wildman–Crippen MR) is 88.4 cm³/mol.